The van der Waals surface area contributed by atoms with Crippen molar-refractivity contribution in [1.29, 1.82) is 0 Å². The second-order valence-electron chi connectivity index (χ2n) is 3.10. The van der Waals surface area contributed by atoms with Crippen LogP contribution in [-0.4, -0.2) is 19.4 Å². The van der Waals surface area contributed by atoms with Gasteiger partial charge >= 0.3 is 0 Å². The Morgan fingerprint density at radius 1 is 1.38 bits per heavy atom. The molecule has 0 bridgehead atoms. The van der Waals surface area contributed by atoms with E-state index >= 15 is 0 Å². The molecule has 0 fully saturated rings. The van der Waals surface area contributed by atoms with Crippen molar-refractivity contribution in [3.63, 3.8) is 0 Å². The molecule has 0 atom stereocenters. The Morgan fingerprint density at radius 2 is 2.15 bits per heavy atom. The summed E-state index contributed by atoms with van der Waals surface area (Å²) >= 11 is 5.92. The second-order valence-corrected chi connectivity index (χ2v) is 3.44. The highest BCUT2D eigenvalue weighted by Crippen LogP contribution is 2.13. The first-order chi connectivity index (χ1) is 6.18. The van der Waals surface area contributed by atoms with E-state index in [0.29, 0.717) is 11.1 Å². The molecule has 0 saturated carbocycles. The van der Waals surface area contributed by atoms with E-state index in [-0.39, 0.29) is 5.92 Å². The van der Waals surface area contributed by atoms with Gasteiger partial charge in [0.25, 0.3) is 0 Å². The van der Waals surface area contributed by atoms with Crippen LogP contribution < -0.4 is 0 Å². The van der Waals surface area contributed by atoms with Crippen LogP contribution in [0.4, 0.5) is 0 Å². The molecule has 2 aromatic rings. The van der Waals surface area contributed by atoms with Crippen LogP contribution in [0.2, 0.25) is 5.28 Å². The summed E-state index contributed by atoms with van der Waals surface area (Å²) < 4.78 is 1.65. The van der Waals surface area contributed by atoms with Crippen molar-refractivity contribution in [3.8, 4) is 0 Å². The van der Waals surface area contributed by atoms with Gasteiger partial charge in [-0.15, -0.1) is 0 Å². The lowest BCUT2D eigenvalue weighted by Gasteiger charge is -2.03. The van der Waals surface area contributed by atoms with Crippen molar-refractivity contribution in [2.24, 2.45) is 0 Å². The SMILES string of the molecule is CC(C)c1nc(Cl)n2ccnc2n1. The number of imidazole rings is 1. The molecule has 2 heterocycles. The molecule has 2 rings (SSSR count). The number of aromatic nitrogens is 4. The largest absolute Gasteiger partial charge is 0.258 e. The Bertz CT molecular complexity index is 435. The Labute approximate surface area is 80.6 Å². The quantitative estimate of drug-likeness (QED) is 0.700. The minimum Gasteiger partial charge on any atom is -0.258 e. The number of nitrogens with zero attached hydrogens (tertiary/aromatic N) is 4. The highest BCUT2D eigenvalue weighted by atomic mass is 35.5. The molecular weight excluding hydrogens is 188 g/mol. The van der Waals surface area contributed by atoms with E-state index in [1.165, 1.54) is 0 Å². The topological polar surface area (TPSA) is 43.1 Å². The van der Waals surface area contributed by atoms with Crippen molar-refractivity contribution in [3.05, 3.63) is 23.5 Å². The number of hydrogen-bond donors (Lipinski definition) is 0. The summed E-state index contributed by atoms with van der Waals surface area (Å²) in [5.41, 5.74) is 0. The molecule has 0 aliphatic rings. The monoisotopic (exact) mass is 196 g/mol. The van der Waals surface area contributed by atoms with Crippen LogP contribution in [0.5, 0.6) is 0 Å². The summed E-state index contributed by atoms with van der Waals surface area (Å²) in [5.74, 6) is 1.59. The second kappa shape index (κ2) is 2.96. The lowest BCUT2D eigenvalue weighted by molar-refractivity contribution is 0.761. The van der Waals surface area contributed by atoms with Crippen LogP contribution in [0.15, 0.2) is 12.4 Å². The zero-order valence-electron chi connectivity index (χ0n) is 7.40. The number of fused-ring (bicyclic) bond motifs is 1. The molecule has 0 aliphatic carbocycles. The van der Waals surface area contributed by atoms with E-state index in [1.807, 2.05) is 13.8 Å². The summed E-state index contributed by atoms with van der Waals surface area (Å²) in [5, 5.41) is 0.409. The van der Waals surface area contributed by atoms with E-state index in [0.717, 1.165) is 5.82 Å². The van der Waals surface area contributed by atoms with Crippen molar-refractivity contribution < 1.29 is 0 Å². The van der Waals surface area contributed by atoms with Crippen molar-refractivity contribution in [2.45, 2.75) is 19.8 Å². The van der Waals surface area contributed by atoms with Crippen LogP contribution >= 0.6 is 11.6 Å². The molecule has 13 heavy (non-hydrogen) atoms. The van der Waals surface area contributed by atoms with Gasteiger partial charge in [0, 0.05) is 18.3 Å². The lowest BCUT2D eigenvalue weighted by Crippen LogP contribution is -2.02. The normalized spacial score (nSPS) is 11.4. The summed E-state index contributed by atoms with van der Waals surface area (Å²) in [6.07, 6.45) is 3.39. The van der Waals surface area contributed by atoms with Gasteiger partial charge < -0.3 is 0 Å². The Balaban J connectivity index is 2.70. The fraction of sp³-hybridized carbons (Fsp3) is 0.375. The van der Waals surface area contributed by atoms with Crippen LogP contribution in [0.25, 0.3) is 5.78 Å². The van der Waals surface area contributed by atoms with E-state index in [1.54, 1.807) is 16.8 Å². The molecule has 0 amide bonds. The zero-order valence-corrected chi connectivity index (χ0v) is 8.15. The molecule has 2 aromatic heterocycles. The van der Waals surface area contributed by atoms with Crippen molar-refractivity contribution in [1.82, 2.24) is 19.4 Å². The fourth-order valence-electron chi connectivity index (χ4n) is 1.06. The molecule has 0 aromatic carbocycles. The van der Waals surface area contributed by atoms with Gasteiger partial charge in [-0.25, -0.2) is 9.97 Å². The molecule has 4 nitrogen and oxygen atoms in total. The highest BCUT2D eigenvalue weighted by molar-refractivity contribution is 6.28. The van der Waals surface area contributed by atoms with Gasteiger partial charge in [-0.2, -0.15) is 4.98 Å². The maximum absolute atomic E-state index is 5.92. The van der Waals surface area contributed by atoms with E-state index in [9.17, 15) is 0 Å². The highest BCUT2D eigenvalue weighted by Gasteiger charge is 2.08. The van der Waals surface area contributed by atoms with Crippen LogP contribution in [0.3, 0.4) is 0 Å². The van der Waals surface area contributed by atoms with Gasteiger partial charge in [-0.3, -0.25) is 4.40 Å². The van der Waals surface area contributed by atoms with Crippen LogP contribution in [-0.2, 0) is 0 Å². The average Bonchev–Trinajstić information content (AvgIpc) is 2.51. The Morgan fingerprint density at radius 3 is 2.85 bits per heavy atom. The van der Waals surface area contributed by atoms with E-state index in [2.05, 4.69) is 15.0 Å². The third kappa shape index (κ3) is 1.37. The molecule has 0 saturated heterocycles. The first-order valence-corrected chi connectivity index (χ1v) is 4.43. The number of halogens is 1. The molecule has 0 spiro atoms. The number of hydrogen-bond acceptors (Lipinski definition) is 3. The fourth-order valence-corrected chi connectivity index (χ4v) is 1.27. The Hall–Kier alpha value is -1.16. The summed E-state index contributed by atoms with van der Waals surface area (Å²) in [6.45, 7) is 4.04. The zero-order chi connectivity index (χ0) is 9.42. The van der Waals surface area contributed by atoms with Gasteiger partial charge in [0.1, 0.15) is 5.82 Å². The number of rotatable bonds is 1. The maximum atomic E-state index is 5.92. The summed E-state index contributed by atoms with van der Waals surface area (Å²) in [6, 6.07) is 0. The van der Waals surface area contributed by atoms with Gasteiger partial charge in [0.05, 0.1) is 0 Å². The molecular formula is C8H9ClN4. The third-order valence-corrected chi connectivity index (χ3v) is 2.02. The van der Waals surface area contributed by atoms with E-state index in [4.69, 9.17) is 11.6 Å². The van der Waals surface area contributed by atoms with Crippen LogP contribution in [0, 0.1) is 0 Å². The average molecular weight is 197 g/mol. The molecule has 5 heteroatoms. The van der Waals surface area contributed by atoms with Crippen molar-refractivity contribution in [2.75, 3.05) is 0 Å². The summed E-state index contributed by atoms with van der Waals surface area (Å²) in [7, 11) is 0. The van der Waals surface area contributed by atoms with Gasteiger partial charge in [-0.05, 0) is 11.6 Å². The lowest BCUT2D eigenvalue weighted by atomic mass is 10.2. The Kier molecular flexibility index (Phi) is 1.92. The van der Waals surface area contributed by atoms with Crippen molar-refractivity contribution >= 4 is 17.4 Å². The van der Waals surface area contributed by atoms with Gasteiger partial charge in [-0.1, -0.05) is 13.8 Å². The molecule has 68 valence electrons. The minimum atomic E-state index is 0.263. The maximum Gasteiger partial charge on any atom is 0.237 e. The molecule has 0 N–H and O–H groups in total. The smallest absolute Gasteiger partial charge is 0.237 e. The predicted octanol–water partition coefficient (Wildman–Crippen LogP) is 1.90. The minimum absolute atomic E-state index is 0.263. The summed E-state index contributed by atoms with van der Waals surface area (Å²) in [4.78, 5) is 12.5. The van der Waals surface area contributed by atoms with Crippen LogP contribution in [0.1, 0.15) is 25.6 Å². The molecule has 0 unspecified atom stereocenters. The first-order valence-electron chi connectivity index (χ1n) is 4.05. The molecule has 0 aliphatic heterocycles. The predicted molar refractivity (Wildman–Crippen MR) is 49.9 cm³/mol. The standard InChI is InChI=1S/C8H9ClN4/c1-5(2)6-11-7(9)13-4-3-10-8(13)12-6/h3-5H,1-2H3. The first kappa shape index (κ1) is 8.44. The van der Waals surface area contributed by atoms with Gasteiger partial charge in [0.2, 0.25) is 11.1 Å². The van der Waals surface area contributed by atoms with Gasteiger partial charge in [0.15, 0.2) is 0 Å². The molecule has 0 radical (unpaired) electrons. The van der Waals surface area contributed by atoms with E-state index < -0.39 is 0 Å². The third-order valence-electron chi connectivity index (χ3n) is 1.76.